The number of ether oxygens (including phenoxy) is 1. The number of likely N-dealkylation sites (N-methyl/N-ethyl adjacent to an activating group) is 1. The standard InChI is InChI=1S/C17H33N3O2/c1-3-18(4-2)10-11-19-12-14-20(15-13-19)17(21)22-16-8-6-5-7-9-16/h16H,3-15H2,1-2H3. The number of hydrogen-bond acceptors (Lipinski definition) is 4. The molecule has 128 valence electrons. The van der Waals surface area contributed by atoms with Gasteiger partial charge in [0.05, 0.1) is 0 Å². The van der Waals surface area contributed by atoms with E-state index in [2.05, 4.69) is 23.6 Å². The van der Waals surface area contributed by atoms with Crippen LogP contribution in [0.4, 0.5) is 4.79 Å². The van der Waals surface area contributed by atoms with E-state index in [1.807, 2.05) is 4.90 Å². The molecule has 2 aliphatic rings. The van der Waals surface area contributed by atoms with Gasteiger partial charge in [-0.1, -0.05) is 20.3 Å². The van der Waals surface area contributed by atoms with Crippen molar-refractivity contribution in [2.45, 2.75) is 52.1 Å². The largest absolute Gasteiger partial charge is 0.446 e. The first-order valence-electron chi connectivity index (χ1n) is 9.13. The SMILES string of the molecule is CCN(CC)CCN1CCN(C(=O)OC2CCCCC2)CC1. The molecule has 0 radical (unpaired) electrons. The van der Waals surface area contributed by atoms with Crippen molar-refractivity contribution in [3.63, 3.8) is 0 Å². The molecule has 2 fully saturated rings. The Kier molecular flexibility index (Phi) is 7.46. The van der Waals surface area contributed by atoms with E-state index >= 15 is 0 Å². The molecule has 1 aliphatic carbocycles. The molecule has 0 aromatic heterocycles. The third-order valence-electron chi connectivity index (χ3n) is 5.08. The van der Waals surface area contributed by atoms with Crippen molar-refractivity contribution in [3.05, 3.63) is 0 Å². The van der Waals surface area contributed by atoms with Gasteiger partial charge in [-0.3, -0.25) is 4.90 Å². The topological polar surface area (TPSA) is 36.0 Å². The molecule has 0 atom stereocenters. The number of rotatable bonds is 6. The lowest BCUT2D eigenvalue weighted by Crippen LogP contribution is -2.50. The van der Waals surface area contributed by atoms with Crippen molar-refractivity contribution >= 4 is 6.09 Å². The summed E-state index contributed by atoms with van der Waals surface area (Å²) in [6.45, 7) is 12.4. The molecule has 0 unspecified atom stereocenters. The quantitative estimate of drug-likeness (QED) is 0.755. The van der Waals surface area contributed by atoms with Gasteiger partial charge in [0.15, 0.2) is 0 Å². The van der Waals surface area contributed by atoms with Crippen molar-refractivity contribution in [2.24, 2.45) is 0 Å². The van der Waals surface area contributed by atoms with Gasteiger partial charge >= 0.3 is 6.09 Å². The van der Waals surface area contributed by atoms with Crippen molar-refractivity contribution < 1.29 is 9.53 Å². The van der Waals surface area contributed by atoms with Crippen molar-refractivity contribution in [2.75, 3.05) is 52.4 Å². The van der Waals surface area contributed by atoms with E-state index in [1.54, 1.807) is 0 Å². The fraction of sp³-hybridized carbons (Fsp3) is 0.941. The van der Waals surface area contributed by atoms with Crippen LogP contribution in [0, 0.1) is 0 Å². The van der Waals surface area contributed by atoms with Crippen LogP contribution in [0.2, 0.25) is 0 Å². The van der Waals surface area contributed by atoms with Gasteiger partial charge in [0.1, 0.15) is 6.10 Å². The van der Waals surface area contributed by atoms with Crippen LogP contribution >= 0.6 is 0 Å². The monoisotopic (exact) mass is 311 g/mol. The summed E-state index contributed by atoms with van der Waals surface area (Å²) < 4.78 is 5.66. The highest BCUT2D eigenvalue weighted by Crippen LogP contribution is 2.21. The molecule has 1 saturated carbocycles. The Balaban J connectivity index is 1.64. The van der Waals surface area contributed by atoms with Gasteiger partial charge in [0.25, 0.3) is 0 Å². The van der Waals surface area contributed by atoms with Crippen LogP contribution < -0.4 is 0 Å². The van der Waals surface area contributed by atoms with E-state index in [-0.39, 0.29) is 12.2 Å². The summed E-state index contributed by atoms with van der Waals surface area (Å²) in [5.41, 5.74) is 0. The molecular weight excluding hydrogens is 278 g/mol. The van der Waals surface area contributed by atoms with Crippen molar-refractivity contribution in [1.82, 2.24) is 14.7 Å². The predicted octanol–water partition coefficient (Wildman–Crippen LogP) is 2.42. The zero-order chi connectivity index (χ0) is 15.8. The summed E-state index contributed by atoms with van der Waals surface area (Å²) in [4.78, 5) is 19.0. The van der Waals surface area contributed by atoms with Crippen molar-refractivity contribution in [1.29, 1.82) is 0 Å². The number of piperazine rings is 1. The molecule has 0 N–H and O–H groups in total. The lowest BCUT2D eigenvalue weighted by Gasteiger charge is -2.36. The maximum atomic E-state index is 12.2. The number of amides is 1. The molecule has 1 amide bonds. The number of carbonyl (C=O) groups excluding carboxylic acids is 1. The maximum absolute atomic E-state index is 12.2. The fourth-order valence-corrected chi connectivity index (χ4v) is 3.38. The van der Waals surface area contributed by atoms with Gasteiger partial charge in [-0.2, -0.15) is 0 Å². The summed E-state index contributed by atoms with van der Waals surface area (Å²) >= 11 is 0. The van der Waals surface area contributed by atoms with Crippen LogP contribution in [0.25, 0.3) is 0 Å². The van der Waals surface area contributed by atoms with Crippen LogP contribution in [0.15, 0.2) is 0 Å². The maximum Gasteiger partial charge on any atom is 0.410 e. The second-order valence-electron chi connectivity index (χ2n) is 6.50. The first-order chi connectivity index (χ1) is 10.7. The second-order valence-corrected chi connectivity index (χ2v) is 6.50. The molecule has 0 aromatic carbocycles. The summed E-state index contributed by atoms with van der Waals surface area (Å²) in [6.07, 6.45) is 5.88. The molecule has 1 saturated heterocycles. The molecule has 2 rings (SSSR count). The second kappa shape index (κ2) is 9.36. The molecule has 1 aliphatic heterocycles. The van der Waals surface area contributed by atoms with E-state index in [0.29, 0.717) is 0 Å². The van der Waals surface area contributed by atoms with Gasteiger partial charge in [0, 0.05) is 39.3 Å². The lowest BCUT2D eigenvalue weighted by atomic mass is 9.98. The first-order valence-corrected chi connectivity index (χ1v) is 9.13. The van der Waals surface area contributed by atoms with Crippen LogP contribution in [0.1, 0.15) is 46.0 Å². The molecule has 1 heterocycles. The van der Waals surface area contributed by atoms with Crippen LogP contribution in [0.3, 0.4) is 0 Å². The molecule has 5 heteroatoms. The average molecular weight is 311 g/mol. The Labute approximate surface area is 135 Å². The third-order valence-corrected chi connectivity index (χ3v) is 5.08. The van der Waals surface area contributed by atoms with E-state index in [9.17, 15) is 4.79 Å². The number of carbonyl (C=O) groups is 1. The Morgan fingerprint density at radius 3 is 2.27 bits per heavy atom. The van der Waals surface area contributed by atoms with Gasteiger partial charge in [-0.05, 0) is 38.8 Å². The Hall–Kier alpha value is -0.810. The van der Waals surface area contributed by atoms with E-state index in [4.69, 9.17) is 4.74 Å². The van der Waals surface area contributed by atoms with Crippen LogP contribution in [-0.2, 0) is 4.74 Å². The van der Waals surface area contributed by atoms with E-state index in [1.165, 1.54) is 19.3 Å². The Bertz CT molecular complexity index is 320. The number of nitrogens with zero attached hydrogens (tertiary/aromatic N) is 3. The fourth-order valence-electron chi connectivity index (χ4n) is 3.38. The van der Waals surface area contributed by atoms with Crippen LogP contribution in [-0.4, -0.2) is 79.3 Å². The van der Waals surface area contributed by atoms with Gasteiger partial charge < -0.3 is 14.5 Å². The Morgan fingerprint density at radius 1 is 1.05 bits per heavy atom. The molecule has 22 heavy (non-hydrogen) atoms. The average Bonchev–Trinajstić information content (AvgIpc) is 2.57. The van der Waals surface area contributed by atoms with Gasteiger partial charge in [0.2, 0.25) is 0 Å². The van der Waals surface area contributed by atoms with Gasteiger partial charge in [-0.15, -0.1) is 0 Å². The van der Waals surface area contributed by atoms with Crippen molar-refractivity contribution in [3.8, 4) is 0 Å². The minimum atomic E-state index is -0.0877. The summed E-state index contributed by atoms with van der Waals surface area (Å²) in [5, 5.41) is 0. The van der Waals surface area contributed by atoms with E-state index in [0.717, 1.165) is 65.2 Å². The predicted molar refractivity (Wildman–Crippen MR) is 89.2 cm³/mol. The summed E-state index contributed by atoms with van der Waals surface area (Å²) in [5.74, 6) is 0. The van der Waals surface area contributed by atoms with Crippen LogP contribution in [0.5, 0.6) is 0 Å². The number of hydrogen-bond donors (Lipinski definition) is 0. The Morgan fingerprint density at radius 2 is 1.68 bits per heavy atom. The smallest absolute Gasteiger partial charge is 0.410 e. The molecule has 0 aromatic rings. The van der Waals surface area contributed by atoms with E-state index < -0.39 is 0 Å². The highest BCUT2D eigenvalue weighted by molar-refractivity contribution is 5.68. The third kappa shape index (κ3) is 5.43. The normalized spacial score (nSPS) is 21.3. The molecule has 0 bridgehead atoms. The minimum absolute atomic E-state index is 0.0877. The summed E-state index contributed by atoms with van der Waals surface area (Å²) in [7, 11) is 0. The zero-order valence-electron chi connectivity index (χ0n) is 14.4. The first kappa shape index (κ1) is 17.5. The minimum Gasteiger partial charge on any atom is -0.446 e. The molecular formula is C17H33N3O2. The molecule has 5 nitrogen and oxygen atoms in total. The zero-order valence-corrected chi connectivity index (χ0v) is 14.4. The molecule has 0 spiro atoms. The van der Waals surface area contributed by atoms with Gasteiger partial charge in [-0.25, -0.2) is 4.79 Å². The highest BCUT2D eigenvalue weighted by atomic mass is 16.6. The highest BCUT2D eigenvalue weighted by Gasteiger charge is 2.25. The summed E-state index contributed by atoms with van der Waals surface area (Å²) in [6, 6.07) is 0. The lowest BCUT2D eigenvalue weighted by molar-refractivity contribution is 0.0320.